The SMILES string of the molecule is Cc1ccc(OCCN(C)[C@@H](C)C(=O)NC2(C#N)CCCCC2)cc1. The highest BCUT2D eigenvalue weighted by Gasteiger charge is 2.35. The van der Waals surface area contributed by atoms with Crippen LogP contribution in [0.1, 0.15) is 44.6 Å². The first-order chi connectivity index (χ1) is 12.0. The number of amides is 1. The van der Waals surface area contributed by atoms with E-state index in [4.69, 9.17) is 4.74 Å². The predicted molar refractivity (Wildman–Crippen MR) is 98.3 cm³/mol. The molecule has 0 spiro atoms. The molecule has 0 radical (unpaired) electrons. The third-order valence-corrected chi connectivity index (χ3v) is 5.06. The molecule has 0 aromatic heterocycles. The molecule has 25 heavy (non-hydrogen) atoms. The van der Waals surface area contributed by atoms with E-state index in [1.54, 1.807) is 0 Å². The molecule has 5 nitrogen and oxygen atoms in total. The van der Waals surface area contributed by atoms with Crippen LogP contribution in [0.15, 0.2) is 24.3 Å². The number of aryl methyl sites for hydroxylation is 1. The molecule has 1 saturated carbocycles. The van der Waals surface area contributed by atoms with Crippen LogP contribution >= 0.6 is 0 Å². The number of benzene rings is 1. The van der Waals surface area contributed by atoms with E-state index in [0.717, 1.165) is 37.9 Å². The third kappa shape index (κ3) is 5.47. The number of nitriles is 1. The van der Waals surface area contributed by atoms with Gasteiger partial charge in [0.25, 0.3) is 0 Å². The monoisotopic (exact) mass is 343 g/mol. The molecular weight excluding hydrogens is 314 g/mol. The second-order valence-electron chi connectivity index (χ2n) is 7.06. The van der Waals surface area contributed by atoms with Crippen LogP contribution in [-0.4, -0.2) is 42.6 Å². The fraction of sp³-hybridized carbons (Fsp3) is 0.600. The van der Waals surface area contributed by atoms with E-state index in [1.807, 2.05) is 50.1 Å². The van der Waals surface area contributed by atoms with Crippen LogP contribution in [0.25, 0.3) is 0 Å². The number of hydrogen-bond acceptors (Lipinski definition) is 4. The summed E-state index contributed by atoms with van der Waals surface area (Å²) < 4.78 is 5.73. The number of nitrogens with zero attached hydrogens (tertiary/aromatic N) is 2. The highest BCUT2D eigenvalue weighted by Crippen LogP contribution is 2.27. The third-order valence-electron chi connectivity index (χ3n) is 5.06. The van der Waals surface area contributed by atoms with Crippen molar-refractivity contribution < 1.29 is 9.53 Å². The van der Waals surface area contributed by atoms with Crippen molar-refractivity contribution in [3.05, 3.63) is 29.8 Å². The van der Waals surface area contributed by atoms with E-state index >= 15 is 0 Å². The predicted octanol–water partition coefficient (Wildman–Crippen LogP) is 3.04. The Balaban J connectivity index is 1.80. The Morgan fingerprint density at radius 2 is 1.96 bits per heavy atom. The molecule has 1 atom stereocenters. The average Bonchev–Trinajstić information content (AvgIpc) is 2.63. The van der Waals surface area contributed by atoms with Crippen LogP contribution in [0.3, 0.4) is 0 Å². The van der Waals surface area contributed by atoms with Gasteiger partial charge in [-0.3, -0.25) is 9.69 Å². The second-order valence-corrected chi connectivity index (χ2v) is 7.06. The quantitative estimate of drug-likeness (QED) is 0.826. The summed E-state index contributed by atoms with van der Waals surface area (Å²) in [6.07, 6.45) is 4.65. The maximum absolute atomic E-state index is 12.5. The van der Waals surface area contributed by atoms with Crippen molar-refractivity contribution in [2.75, 3.05) is 20.2 Å². The van der Waals surface area contributed by atoms with Crippen molar-refractivity contribution in [2.45, 2.75) is 57.5 Å². The van der Waals surface area contributed by atoms with Gasteiger partial charge in [0, 0.05) is 6.54 Å². The second kappa shape index (κ2) is 8.87. The highest BCUT2D eigenvalue weighted by atomic mass is 16.5. The van der Waals surface area contributed by atoms with Crippen molar-refractivity contribution >= 4 is 5.91 Å². The largest absolute Gasteiger partial charge is 0.492 e. The molecular formula is C20H29N3O2. The molecule has 1 aliphatic rings. The lowest BCUT2D eigenvalue weighted by Crippen LogP contribution is -2.54. The van der Waals surface area contributed by atoms with Gasteiger partial charge in [-0.25, -0.2) is 0 Å². The zero-order chi connectivity index (χ0) is 18.3. The Morgan fingerprint density at radius 1 is 1.32 bits per heavy atom. The molecule has 1 aromatic rings. The van der Waals surface area contributed by atoms with Crippen molar-refractivity contribution in [3.8, 4) is 11.8 Å². The van der Waals surface area contributed by atoms with Crippen LogP contribution in [0.2, 0.25) is 0 Å². The molecule has 1 N–H and O–H groups in total. The number of carbonyl (C=O) groups excluding carboxylic acids is 1. The van der Waals surface area contributed by atoms with E-state index < -0.39 is 5.54 Å². The Bertz CT molecular complexity index is 600. The summed E-state index contributed by atoms with van der Waals surface area (Å²) in [5.41, 5.74) is 0.520. The smallest absolute Gasteiger partial charge is 0.238 e. The molecule has 0 bridgehead atoms. The zero-order valence-electron chi connectivity index (χ0n) is 15.5. The summed E-state index contributed by atoms with van der Waals surface area (Å²) in [6, 6.07) is 9.97. The molecule has 136 valence electrons. The summed E-state index contributed by atoms with van der Waals surface area (Å²) in [5.74, 6) is 0.753. The standard InChI is InChI=1S/C20H29N3O2/c1-16-7-9-18(10-8-16)25-14-13-23(3)17(2)19(24)22-20(15-21)11-5-4-6-12-20/h7-10,17H,4-6,11-14H2,1-3H3,(H,22,24)/t17-/m0/s1. The lowest BCUT2D eigenvalue weighted by atomic mass is 9.82. The first kappa shape index (κ1) is 19.3. The van der Waals surface area contributed by atoms with Crippen molar-refractivity contribution in [3.63, 3.8) is 0 Å². The van der Waals surface area contributed by atoms with E-state index in [0.29, 0.717) is 13.2 Å². The summed E-state index contributed by atoms with van der Waals surface area (Å²) in [7, 11) is 1.91. The fourth-order valence-corrected chi connectivity index (χ4v) is 3.10. The Morgan fingerprint density at radius 3 is 2.56 bits per heavy atom. The minimum absolute atomic E-state index is 0.0821. The van der Waals surface area contributed by atoms with Crippen molar-refractivity contribution in [1.82, 2.24) is 10.2 Å². The van der Waals surface area contributed by atoms with Crippen molar-refractivity contribution in [1.29, 1.82) is 5.26 Å². The molecule has 0 aliphatic heterocycles. The van der Waals surface area contributed by atoms with Crippen LogP contribution < -0.4 is 10.1 Å². The molecule has 0 heterocycles. The normalized spacial score (nSPS) is 17.6. The molecule has 2 rings (SSSR count). The number of carbonyl (C=O) groups is 1. The van der Waals surface area contributed by atoms with Gasteiger partial charge in [0.1, 0.15) is 17.9 Å². The summed E-state index contributed by atoms with van der Waals surface area (Å²) >= 11 is 0. The minimum atomic E-state index is -0.678. The van der Waals surface area contributed by atoms with Crippen molar-refractivity contribution in [2.24, 2.45) is 0 Å². The lowest BCUT2D eigenvalue weighted by Gasteiger charge is -2.34. The lowest BCUT2D eigenvalue weighted by molar-refractivity contribution is -0.127. The Hall–Kier alpha value is -2.06. The number of likely N-dealkylation sites (N-methyl/N-ethyl adjacent to an activating group) is 1. The van der Waals surface area contributed by atoms with Gasteiger partial charge in [0.2, 0.25) is 5.91 Å². The molecule has 0 unspecified atom stereocenters. The van der Waals surface area contributed by atoms with Gasteiger partial charge in [-0.2, -0.15) is 5.26 Å². The molecule has 1 aromatic carbocycles. The Labute approximate surface area is 151 Å². The maximum atomic E-state index is 12.5. The minimum Gasteiger partial charge on any atom is -0.492 e. The van der Waals surface area contributed by atoms with Gasteiger partial charge in [-0.05, 0) is 45.9 Å². The van der Waals surface area contributed by atoms with Crippen LogP contribution in [0, 0.1) is 18.3 Å². The van der Waals surface area contributed by atoms with E-state index in [2.05, 4.69) is 11.4 Å². The van der Waals surface area contributed by atoms with Gasteiger partial charge in [-0.15, -0.1) is 0 Å². The van der Waals surface area contributed by atoms with E-state index in [9.17, 15) is 10.1 Å². The van der Waals surface area contributed by atoms with Gasteiger partial charge in [0.05, 0.1) is 12.1 Å². The summed E-state index contributed by atoms with van der Waals surface area (Å²) in [6.45, 7) is 5.07. The maximum Gasteiger partial charge on any atom is 0.238 e. The molecule has 5 heteroatoms. The van der Waals surface area contributed by atoms with Gasteiger partial charge >= 0.3 is 0 Å². The van der Waals surface area contributed by atoms with Crippen LogP contribution in [0.5, 0.6) is 5.75 Å². The molecule has 1 fully saturated rings. The van der Waals surface area contributed by atoms with Crippen LogP contribution in [0.4, 0.5) is 0 Å². The first-order valence-corrected chi connectivity index (χ1v) is 9.09. The fourth-order valence-electron chi connectivity index (χ4n) is 3.10. The molecule has 0 saturated heterocycles. The molecule has 1 aliphatic carbocycles. The summed E-state index contributed by atoms with van der Waals surface area (Å²) in [5, 5.41) is 12.5. The topological polar surface area (TPSA) is 65.4 Å². The van der Waals surface area contributed by atoms with Gasteiger partial charge in [0.15, 0.2) is 0 Å². The first-order valence-electron chi connectivity index (χ1n) is 9.09. The number of nitrogens with one attached hydrogen (secondary N) is 1. The summed E-state index contributed by atoms with van der Waals surface area (Å²) in [4.78, 5) is 14.5. The van der Waals surface area contributed by atoms with Gasteiger partial charge in [-0.1, -0.05) is 37.0 Å². The van der Waals surface area contributed by atoms with Gasteiger partial charge < -0.3 is 10.1 Å². The number of hydrogen-bond donors (Lipinski definition) is 1. The number of rotatable bonds is 7. The number of ether oxygens (including phenoxy) is 1. The molecule has 1 amide bonds. The highest BCUT2D eigenvalue weighted by molar-refractivity contribution is 5.82. The van der Waals surface area contributed by atoms with E-state index in [1.165, 1.54) is 5.56 Å². The average molecular weight is 343 g/mol. The van der Waals surface area contributed by atoms with E-state index in [-0.39, 0.29) is 11.9 Å². The zero-order valence-corrected chi connectivity index (χ0v) is 15.5. The Kier molecular flexibility index (Phi) is 6.83. The van der Waals surface area contributed by atoms with Crippen LogP contribution in [-0.2, 0) is 4.79 Å².